The second-order valence-electron chi connectivity index (χ2n) is 5.71. The van der Waals surface area contributed by atoms with Crippen molar-refractivity contribution in [2.75, 3.05) is 5.32 Å². The standard InChI is InChI=1S/C16H17ClN4O5/c1-9(2)20-14(6-7-18-20)19-15(22)10(3)26-16(23)12-5-4-11(21(24)25)8-13(12)17/h4-10H,1-3H3,(H,19,22)/t10-/m0/s1. The fourth-order valence-electron chi connectivity index (χ4n) is 2.11. The number of hydrogen-bond acceptors (Lipinski definition) is 6. The number of esters is 1. The summed E-state index contributed by atoms with van der Waals surface area (Å²) in [5.74, 6) is -0.926. The number of halogens is 1. The van der Waals surface area contributed by atoms with E-state index in [2.05, 4.69) is 10.4 Å². The first kappa shape index (κ1) is 19.4. The molecule has 1 amide bonds. The lowest BCUT2D eigenvalue weighted by Gasteiger charge is -2.16. The van der Waals surface area contributed by atoms with Crippen LogP contribution in [0.25, 0.3) is 0 Å². The molecule has 1 N–H and O–H groups in total. The molecule has 0 radical (unpaired) electrons. The minimum Gasteiger partial charge on any atom is -0.449 e. The maximum absolute atomic E-state index is 12.2. The third-order valence-corrected chi connectivity index (χ3v) is 3.76. The molecule has 2 rings (SSSR count). The van der Waals surface area contributed by atoms with Crippen molar-refractivity contribution in [3.63, 3.8) is 0 Å². The van der Waals surface area contributed by atoms with Crippen LogP contribution in [-0.2, 0) is 9.53 Å². The number of ether oxygens (including phenoxy) is 1. The van der Waals surface area contributed by atoms with E-state index in [1.807, 2.05) is 13.8 Å². The number of anilines is 1. The molecule has 2 aromatic rings. The van der Waals surface area contributed by atoms with E-state index in [9.17, 15) is 19.7 Å². The summed E-state index contributed by atoms with van der Waals surface area (Å²) < 4.78 is 6.70. The Balaban J connectivity index is 2.05. The molecular formula is C16H17ClN4O5. The predicted octanol–water partition coefficient (Wildman–Crippen LogP) is 3.21. The smallest absolute Gasteiger partial charge is 0.340 e. The molecule has 26 heavy (non-hydrogen) atoms. The number of rotatable bonds is 6. The van der Waals surface area contributed by atoms with Gasteiger partial charge >= 0.3 is 5.97 Å². The first-order valence-electron chi connectivity index (χ1n) is 7.70. The molecule has 0 aliphatic heterocycles. The number of carbonyl (C=O) groups excluding carboxylic acids is 2. The lowest BCUT2D eigenvalue weighted by Crippen LogP contribution is -2.31. The Labute approximate surface area is 154 Å². The highest BCUT2D eigenvalue weighted by Gasteiger charge is 2.23. The van der Waals surface area contributed by atoms with Crippen molar-refractivity contribution in [1.29, 1.82) is 0 Å². The van der Waals surface area contributed by atoms with Gasteiger partial charge in [-0.15, -0.1) is 0 Å². The summed E-state index contributed by atoms with van der Waals surface area (Å²) in [6.07, 6.45) is 0.437. The van der Waals surface area contributed by atoms with Gasteiger partial charge in [0.15, 0.2) is 6.10 Å². The van der Waals surface area contributed by atoms with Gasteiger partial charge in [0.25, 0.3) is 11.6 Å². The van der Waals surface area contributed by atoms with E-state index in [0.29, 0.717) is 5.82 Å². The molecule has 0 saturated heterocycles. The Morgan fingerprint density at radius 2 is 2.00 bits per heavy atom. The number of nitrogens with zero attached hydrogens (tertiary/aromatic N) is 3. The van der Waals surface area contributed by atoms with E-state index in [1.54, 1.807) is 16.9 Å². The van der Waals surface area contributed by atoms with E-state index in [0.717, 1.165) is 12.1 Å². The molecule has 9 nitrogen and oxygen atoms in total. The van der Waals surface area contributed by atoms with Gasteiger partial charge in [0, 0.05) is 24.2 Å². The molecule has 0 spiro atoms. The molecule has 1 aromatic carbocycles. The van der Waals surface area contributed by atoms with E-state index in [1.165, 1.54) is 13.0 Å². The maximum Gasteiger partial charge on any atom is 0.340 e. The Morgan fingerprint density at radius 1 is 1.31 bits per heavy atom. The van der Waals surface area contributed by atoms with Crippen molar-refractivity contribution < 1.29 is 19.2 Å². The predicted molar refractivity (Wildman–Crippen MR) is 94.2 cm³/mol. The van der Waals surface area contributed by atoms with E-state index < -0.39 is 22.9 Å². The minimum absolute atomic E-state index is 0.0390. The summed E-state index contributed by atoms with van der Waals surface area (Å²) in [6.45, 7) is 5.22. The van der Waals surface area contributed by atoms with Crippen LogP contribution in [0.4, 0.5) is 11.5 Å². The van der Waals surface area contributed by atoms with Crippen molar-refractivity contribution in [3.8, 4) is 0 Å². The topological polar surface area (TPSA) is 116 Å². The van der Waals surface area contributed by atoms with Crippen molar-refractivity contribution >= 4 is 35.0 Å². The Kier molecular flexibility index (Phi) is 5.93. The number of nitrogens with one attached hydrogen (secondary N) is 1. The monoisotopic (exact) mass is 380 g/mol. The minimum atomic E-state index is -1.11. The summed E-state index contributed by atoms with van der Waals surface area (Å²) in [6, 6.07) is 5.02. The van der Waals surface area contributed by atoms with Gasteiger partial charge in [-0.3, -0.25) is 14.9 Å². The summed E-state index contributed by atoms with van der Waals surface area (Å²) in [7, 11) is 0. The zero-order chi connectivity index (χ0) is 19.4. The van der Waals surface area contributed by atoms with Crippen molar-refractivity contribution in [1.82, 2.24) is 9.78 Å². The average molecular weight is 381 g/mol. The molecule has 1 atom stereocenters. The third kappa shape index (κ3) is 4.37. The average Bonchev–Trinajstić information content (AvgIpc) is 3.02. The van der Waals surface area contributed by atoms with E-state index >= 15 is 0 Å². The number of nitro benzene ring substituents is 1. The zero-order valence-electron chi connectivity index (χ0n) is 14.3. The van der Waals surface area contributed by atoms with Gasteiger partial charge in [-0.05, 0) is 26.8 Å². The largest absolute Gasteiger partial charge is 0.449 e. The summed E-state index contributed by atoms with van der Waals surface area (Å²) >= 11 is 5.88. The lowest BCUT2D eigenvalue weighted by molar-refractivity contribution is -0.384. The van der Waals surface area contributed by atoms with E-state index in [4.69, 9.17) is 16.3 Å². The summed E-state index contributed by atoms with van der Waals surface area (Å²) in [4.78, 5) is 34.5. The van der Waals surface area contributed by atoms with E-state index in [-0.39, 0.29) is 22.3 Å². The number of benzene rings is 1. The molecule has 0 saturated carbocycles. The molecule has 0 aliphatic carbocycles. The second kappa shape index (κ2) is 7.96. The van der Waals surface area contributed by atoms with Crippen molar-refractivity contribution in [2.24, 2.45) is 0 Å². The van der Waals surface area contributed by atoms with Crippen LogP contribution in [0.5, 0.6) is 0 Å². The van der Waals surface area contributed by atoms with Crippen LogP contribution in [-0.4, -0.2) is 32.7 Å². The number of aromatic nitrogens is 2. The molecule has 0 aliphatic rings. The number of hydrogen-bond donors (Lipinski definition) is 1. The van der Waals surface area contributed by atoms with Gasteiger partial charge in [0.05, 0.1) is 21.7 Å². The highest BCUT2D eigenvalue weighted by molar-refractivity contribution is 6.33. The van der Waals surface area contributed by atoms with Crippen molar-refractivity contribution in [2.45, 2.75) is 32.9 Å². The molecule has 0 bridgehead atoms. The van der Waals surface area contributed by atoms with Crippen LogP contribution < -0.4 is 5.32 Å². The maximum atomic E-state index is 12.2. The van der Waals surface area contributed by atoms with Crippen LogP contribution in [0.2, 0.25) is 5.02 Å². The van der Waals surface area contributed by atoms with Crippen LogP contribution in [0.3, 0.4) is 0 Å². The molecule has 0 fully saturated rings. The number of non-ortho nitro benzene ring substituents is 1. The highest BCUT2D eigenvalue weighted by Crippen LogP contribution is 2.23. The summed E-state index contributed by atoms with van der Waals surface area (Å²) in [5, 5.41) is 17.3. The quantitative estimate of drug-likeness (QED) is 0.467. The second-order valence-corrected chi connectivity index (χ2v) is 6.12. The van der Waals surface area contributed by atoms with Crippen LogP contribution in [0.15, 0.2) is 30.5 Å². The van der Waals surface area contributed by atoms with Crippen molar-refractivity contribution in [3.05, 3.63) is 51.2 Å². The van der Waals surface area contributed by atoms with Gasteiger partial charge in [-0.25, -0.2) is 9.48 Å². The first-order valence-corrected chi connectivity index (χ1v) is 8.07. The van der Waals surface area contributed by atoms with Gasteiger partial charge in [-0.1, -0.05) is 11.6 Å². The fourth-order valence-corrected chi connectivity index (χ4v) is 2.37. The normalized spacial score (nSPS) is 11.9. The molecule has 138 valence electrons. The van der Waals surface area contributed by atoms with Gasteiger partial charge in [-0.2, -0.15) is 5.10 Å². The van der Waals surface area contributed by atoms with Gasteiger partial charge in [0.2, 0.25) is 0 Å². The first-order chi connectivity index (χ1) is 12.2. The van der Waals surface area contributed by atoms with Crippen LogP contribution in [0.1, 0.15) is 37.2 Å². The Hall–Kier alpha value is -2.94. The summed E-state index contributed by atoms with van der Waals surface area (Å²) in [5.41, 5.74) is -0.316. The molecule has 1 heterocycles. The third-order valence-electron chi connectivity index (χ3n) is 3.45. The van der Waals surface area contributed by atoms with Crippen LogP contribution in [0, 0.1) is 10.1 Å². The molecular weight excluding hydrogens is 364 g/mol. The number of amides is 1. The zero-order valence-corrected chi connectivity index (χ0v) is 15.1. The highest BCUT2D eigenvalue weighted by atomic mass is 35.5. The van der Waals surface area contributed by atoms with Gasteiger partial charge in [0.1, 0.15) is 5.82 Å². The Bertz CT molecular complexity index is 849. The number of carbonyl (C=O) groups is 2. The number of nitro groups is 1. The Morgan fingerprint density at radius 3 is 2.58 bits per heavy atom. The van der Waals surface area contributed by atoms with Crippen LogP contribution >= 0.6 is 11.6 Å². The molecule has 0 unspecified atom stereocenters. The molecule has 1 aromatic heterocycles. The SMILES string of the molecule is CC(C)n1nccc1NC(=O)[C@H](C)OC(=O)c1ccc([N+](=O)[O-])cc1Cl. The fraction of sp³-hybridized carbons (Fsp3) is 0.312. The lowest BCUT2D eigenvalue weighted by atomic mass is 10.2. The van der Waals surface area contributed by atoms with Gasteiger partial charge < -0.3 is 10.1 Å². The molecule has 10 heteroatoms.